The van der Waals surface area contributed by atoms with Crippen molar-refractivity contribution < 1.29 is 4.92 Å². The minimum atomic E-state index is -0.280. The summed E-state index contributed by atoms with van der Waals surface area (Å²) >= 11 is 2.33. The Kier molecular flexibility index (Phi) is 3.60. The summed E-state index contributed by atoms with van der Waals surface area (Å²) in [4.78, 5) is 11.1. The van der Waals surface area contributed by atoms with E-state index >= 15 is 0 Å². The first kappa shape index (κ1) is 14.7. The lowest BCUT2D eigenvalue weighted by Gasteiger charge is -2.37. The number of anilines is 1. The fourth-order valence-corrected chi connectivity index (χ4v) is 4.31. The molecule has 0 spiro atoms. The molecule has 116 valence electrons. The third-order valence-electron chi connectivity index (χ3n) is 4.79. The Morgan fingerprint density at radius 3 is 2.83 bits per heavy atom. The molecule has 1 aliphatic carbocycles. The maximum Gasteiger partial charge on any atom is 0.274 e. The zero-order valence-corrected chi connectivity index (χ0v) is 14.4. The predicted molar refractivity (Wildman–Crippen MR) is 98.6 cm³/mol. The summed E-state index contributed by atoms with van der Waals surface area (Å²) in [7, 11) is 0. The summed E-state index contributed by atoms with van der Waals surface area (Å²) in [5, 5.41) is 15.0. The van der Waals surface area contributed by atoms with E-state index in [0.717, 1.165) is 17.7 Å². The van der Waals surface area contributed by atoms with E-state index in [-0.39, 0.29) is 16.7 Å². The van der Waals surface area contributed by atoms with Crippen molar-refractivity contribution in [3.8, 4) is 0 Å². The third kappa shape index (κ3) is 2.43. The van der Waals surface area contributed by atoms with E-state index < -0.39 is 0 Å². The number of halogens is 1. The van der Waals surface area contributed by atoms with E-state index in [0.29, 0.717) is 11.8 Å². The molecule has 1 aliphatic heterocycles. The molecule has 0 radical (unpaired) electrons. The van der Waals surface area contributed by atoms with E-state index in [4.69, 9.17) is 0 Å². The Hall–Kier alpha value is -1.89. The molecule has 0 saturated carbocycles. The standard InChI is InChI=1S/C18H15IN2O2/c19-11-8-9-16-15(10-11)12-5-3-6-13(12)18(20-16)14-4-1-2-7-17(14)21(22)23/h1-5,7-10,12-13,18,20H,6H2. The van der Waals surface area contributed by atoms with E-state index in [1.54, 1.807) is 12.1 Å². The van der Waals surface area contributed by atoms with Gasteiger partial charge in [-0.25, -0.2) is 0 Å². The fourth-order valence-electron chi connectivity index (χ4n) is 3.79. The summed E-state index contributed by atoms with van der Waals surface area (Å²) in [6.45, 7) is 0. The van der Waals surface area contributed by atoms with Gasteiger partial charge < -0.3 is 5.32 Å². The maximum atomic E-state index is 11.4. The summed E-state index contributed by atoms with van der Waals surface area (Å²) in [5.41, 5.74) is 3.36. The predicted octanol–water partition coefficient (Wildman–Crippen LogP) is 5.03. The lowest BCUT2D eigenvalue weighted by molar-refractivity contribution is -0.385. The molecule has 3 atom stereocenters. The van der Waals surface area contributed by atoms with Gasteiger partial charge in [0, 0.05) is 21.2 Å². The van der Waals surface area contributed by atoms with E-state index in [1.807, 2.05) is 12.1 Å². The Morgan fingerprint density at radius 1 is 1.17 bits per heavy atom. The number of hydrogen-bond acceptors (Lipinski definition) is 3. The molecular formula is C18H15IN2O2. The molecule has 0 saturated heterocycles. The summed E-state index contributed by atoms with van der Waals surface area (Å²) < 4.78 is 1.21. The van der Waals surface area contributed by atoms with Gasteiger partial charge in [0.1, 0.15) is 0 Å². The second-order valence-electron chi connectivity index (χ2n) is 6.02. The van der Waals surface area contributed by atoms with E-state index in [9.17, 15) is 10.1 Å². The first-order valence-electron chi connectivity index (χ1n) is 7.61. The molecule has 3 unspecified atom stereocenters. The average molecular weight is 418 g/mol. The Balaban J connectivity index is 1.83. The molecule has 1 N–H and O–H groups in total. The van der Waals surface area contributed by atoms with Crippen LogP contribution in [0.1, 0.15) is 29.5 Å². The van der Waals surface area contributed by atoms with Crippen molar-refractivity contribution in [3.63, 3.8) is 0 Å². The number of hydrogen-bond donors (Lipinski definition) is 1. The van der Waals surface area contributed by atoms with Crippen LogP contribution in [0.3, 0.4) is 0 Å². The highest BCUT2D eigenvalue weighted by molar-refractivity contribution is 14.1. The topological polar surface area (TPSA) is 55.2 Å². The summed E-state index contributed by atoms with van der Waals surface area (Å²) in [6.07, 6.45) is 5.40. The highest BCUT2D eigenvalue weighted by atomic mass is 127. The number of fused-ring (bicyclic) bond motifs is 3. The molecule has 1 heterocycles. The molecule has 0 aromatic heterocycles. The van der Waals surface area contributed by atoms with Crippen molar-refractivity contribution in [2.75, 3.05) is 5.32 Å². The van der Waals surface area contributed by atoms with Crippen LogP contribution >= 0.6 is 22.6 Å². The molecule has 4 rings (SSSR count). The quantitative estimate of drug-likeness (QED) is 0.322. The average Bonchev–Trinajstić information content (AvgIpc) is 3.04. The molecule has 2 aliphatic rings. The fraction of sp³-hybridized carbons (Fsp3) is 0.222. The van der Waals surface area contributed by atoms with Crippen LogP contribution in [-0.4, -0.2) is 4.92 Å². The maximum absolute atomic E-state index is 11.4. The number of rotatable bonds is 2. The number of nitrogens with one attached hydrogen (secondary N) is 1. The Morgan fingerprint density at radius 2 is 2.00 bits per heavy atom. The number of nitro groups is 1. The lowest BCUT2D eigenvalue weighted by atomic mass is 9.77. The molecule has 4 nitrogen and oxygen atoms in total. The molecule has 0 amide bonds. The minimum absolute atomic E-state index is 0.0378. The van der Waals surface area contributed by atoms with Crippen LogP contribution in [0.4, 0.5) is 11.4 Å². The van der Waals surface area contributed by atoms with Gasteiger partial charge in [0.05, 0.1) is 16.5 Å². The number of nitrogens with zero attached hydrogens (tertiary/aromatic N) is 1. The third-order valence-corrected chi connectivity index (χ3v) is 5.46. The van der Waals surface area contributed by atoms with Crippen LogP contribution in [0, 0.1) is 19.6 Å². The molecule has 5 heteroatoms. The Bertz CT molecular complexity index is 818. The van der Waals surface area contributed by atoms with Crippen molar-refractivity contribution in [1.29, 1.82) is 0 Å². The van der Waals surface area contributed by atoms with Crippen LogP contribution in [-0.2, 0) is 0 Å². The lowest BCUT2D eigenvalue weighted by Crippen LogP contribution is -2.29. The van der Waals surface area contributed by atoms with Crippen molar-refractivity contribution in [2.45, 2.75) is 18.4 Å². The van der Waals surface area contributed by atoms with Gasteiger partial charge in [0.15, 0.2) is 0 Å². The van der Waals surface area contributed by atoms with Crippen LogP contribution < -0.4 is 5.32 Å². The molecule has 0 fully saturated rings. The second-order valence-corrected chi connectivity index (χ2v) is 7.27. The number of nitro benzene ring substituents is 1. The molecule has 0 bridgehead atoms. The van der Waals surface area contributed by atoms with Gasteiger partial charge in [-0.15, -0.1) is 0 Å². The first-order chi connectivity index (χ1) is 11.1. The molecule has 2 aromatic rings. The van der Waals surface area contributed by atoms with E-state index in [1.165, 1.54) is 9.13 Å². The SMILES string of the molecule is O=[N+]([O-])c1ccccc1C1Nc2ccc(I)cc2C2C=CCC21. The smallest absolute Gasteiger partial charge is 0.274 e. The van der Waals surface area contributed by atoms with Crippen molar-refractivity contribution in [3.05, 3.63) is 79.4 Å². The van der Waals surface area contributed by atoms with Crippen molar-refractivity contribution in [1.82, 2.24) is 0 Å². The second kappa shape index (κ2) is 5.63. The number of allylic oxidation sites excluding steroid dienone is 2. The number of benzene rings is 2. The zero-order valence-electron chi connectivity index (χ0n) is 12.3. The highest BCUT2D eigenvalue weighted by Crippen LogP contribution is 2.51. The van der Waals surface area contributed by atoms with Gasteiger partial charge in [0.2, 0.25) is 0 Å². The van der Waals surface area contributed by atoms with Gasteiger partial charge >= 0.3 is 0 Å². The molecule has 23 heavy (non-hydrogen) atoms. The van der Waals surface area contributed by atoms with Crippen molar-refractivity contribution >= 4 is 34.0 Å². The van der Waals surface area contributed by atoms with Crippen LogP contribution in [0.5, 0.6) is 0 Å². The monoisotopic (exact) mass is 418 g/mol. The van der Waals surface area contributed by atoms with E-state index in [2.05, 4.69) is 58.3 Å². The van der Waals surface area contributed by atoms with Crippen molar-refractivity contribution in [2.24, 2.45) is 5.92 Å². The largest absolute Gasteiger partial charge is 0.377 e. The van der Waals surface area contributed by atoms with Crippen LogP contribution in [0.15, 0.2) is 54.6 Å². The first-order valence-corrected chi connectivity index (χ1v) is 8.69. The minimum Gasteiger partial charge on any atom is -0.377 e. The van der Waals surface area contributed by atoms with Gasteiger partial charge in [-0.3, -0.25) is 10.1 Å². The summed E-state index contributed by atoms with van der Waals surface area (Å²) in [5.74, 6) is 0.646. The highest BCUT2D eigenvalue weighted by Gasteiger charge is 2.40. The van der Waals surface area contributed by atoms with Crippen LogP contribution in [0.2, 0.25) is 0 Å². The van der Waals surface area contributed by atoms with Crippen LogP contribution in [0.25, 0.3) is 0 Å². The van der Waals surface area contributed by atoms with Gasteiger partial charge in [-0.05, 0) is 58.7 Å². The molecule has 2 aromatic carbocycles. The normalized spacial score (nSPS) is 24.7. The van der Waals surface area contributed by atoms with Gasteiger partial charge in [0.25, 0.3) is 5.69 Å². The zero-order chi connectivity index (χ0) is 16.0. The van der Waals surface area contributed by atoms with Gasteiger partial charge in [-0.1, -0.05) is 30.4 Å². The molecular weight excluding hydrogens is 403 g/mol. The Labute approximate surface area is 147 Å². The number of para-hydroxylation sites is 1. The summed E-state index contributed by atoms with van der Waals surface area (Å²) in [6, 6.07) is 13.4. The van der Waals surface area contributed by atoms with Gasteiger partial charge in [-0.2, -0.15) is 0 Å².